The lowest BCUT2D eigenvalue weighted by Gasteiger charge is -2.38. The zero-order chi connectivity index (χ0) is 17.3. The number of hydroxylamine groups is 2. The van der Waals surface area contributed by atoms with Gasteiger partial charge in [0.1, 0.15) is 0 Å². The van der Waals surface area contributed by atoms with Gasteiger partial charge in [0.25, 0.3) is 5.91 Å². The number of ether oxygens (including phenoxy) is 1. The van der Waals surface area contributed by atoms with Crippen LogP contribution in [0, 0.1) is 6.92 Å². The number of rotatable bonds is 3. The topological polar surface area (TPSA) is 38.8 Å². The van der Waals surface area contributed by atoms with Crippen molar-refractivity contribution in [2.75, 3.05) is 0 Å². The molecular weight excluding hydrogens is 314 g/mol. The predicted octanol–water partition coefficient (Wildman–Crippen LogP) is 4.55. The first-order chi connectivity index (χ1) is 12.2. The summed E-state index contributed by atoms with van der Waals surface area (Å²) in [6.07, 6.45) is 4.29. The Hall–Kier alpha value is -2.33. The van der Waals surface area contributed by atoms with Crippen molar-refractivity contribution in [3.8, 4) is 5.75 Å². The summed E-state index contributed by atoms with van der Waals surface area (Å²) in [7, 11) is 0. The summed E-state index contributed by atoms with van der Waals surface area (Å²) in [5.74, 6) is 0.592. The minimum absolute atomic E-state index is 0.114. The van der Waals surface area contributed by atoms with Crippen molar-refractivity contribution in [3.63, 3.8) is 0 Å². The van der Waals surface area contributed by atoms with Crippen LogP contribution in [0.2, 0.25) is 0 Å². The van der Waals surface area contributed by atoms with E-state index < -0.39 is 11.8 Å². The highest BCUT2D eigenvalue weighted by molar-refractivity contribution is 5.84. The van der Waals surface area contributed by atoms with Crippen molar-refractivity contribution >= 4 is 5.91 Å². The van der Waals surface area contributed by atoms with Gasteiger partial charge in [-0.2, -0.15) is 0 Å². The second-order valence-corrected chi connectivity index (χ2v) is 6.90. The molecule has 0 bridgehead atoms. The number of amides is 1. The molecule has 0 aromatic heterocycles. The van der Waals surface area contributed by atoms with Gasteiger partial charge < -0.3 is 9.57 Å². The third kappa shape index (κ3) is 2.91. The minimum Gasteiger partial charge on any atom is -0.374 e. The number of hydrogen-bond acceptors (Lipinski definition) is 3. The molecule has 0 radical (unpaired) electrons. The van der Waals surface area contributed by atoms with E-state index in [1.54, 1.807) is 0 Å². The second-order valence-electron chi connectivity index (χ2n) is 6.90. The number of carbonyl (C=O) groups excluding carboxylic acids is 1. The first-order valence-electron chi connectivity index (χ1n) is 9.00. The molecule has 130 valence electrons. The molecule has 4 heteroatoms. The van der Waals surface area contributed by atoms with Crippen LogP contribution < -0.4 is 4.84 Å². The molecule has 0 N–H and O–H groups in total. The molecule has 2 fully saturated rings. The Labute approximate surface area is 148 Å². The van der Waals surface area contributed by atoms with Gasteiger partial charge >= 0.3 is 0 Å². The van der Waals surface area contributed by atoms with Gasteiger partial charge in [-0.3, -0.25) is 4.79 Å². The van der Waals surface area contributed by atoms with E-state index >= 15 is 0 Å². The maximum Gasteiger partial charge on any atom is 0.291 e. The van der Waals surface area contributed by atoms with Gasteiger partial charge in [-0.15, -0.1) is 5.06 Å². The highest BCUT2D eigenvalue weighted by atomic mass is 16.7. The van der Waals surface area contributed by atoms with Gasteiger partial charge in [0.2, 0.25) is 0 Å². The van der Waals surface area contributed by atoms with E-state index in [1.165, 1.54) is 11.5 Å². The van der Waals surface area contributed by atoms with Crippen molar-refractivity contribution < 1.29 is 14.4 Å². The van der Waals surface area contributed by atoms with E-state index in [1.807, 2.05) is 61.5 Å². The summed E-state index contributed by atoms with van der Waals surface area (Å²) in [5.41, 5.74) is 1.23. The molecule has 1 atom stereocenters. The maximum absolute atomic E-state index is 13.2. The lowest BCUT2D eigenvalue weighted by Crippen LogP contribution is -2.49. The highest BCUT2D eigenvalue weighted by Gasteiger charge is 2.55. The lowest BCUT2D eigenvalue weighted by atomic mass is 9.92. The fourth-order valence-corrected chi connectivity index (χ4v) is 3.77. The fraction of sp³-hybridized carbons (Fsp3) is 0.381. The number of carbonyl (C=O) groups is 1. The molecule has 4 rings (SSSR count). The molecule has 1 unspecified atom stereocenters. The fourth-order valence-electron chi connectivity index (χ4n) is 3.77. The second kappa shape index (κ2) is 6.52. The lowest BCUT2D eigenvalue weighted by molar-refractivity contribution is -0.222. The van der Waals surface area contributed by atoms with Gasteiger partial charge in [-0.05, 0) is 49.8 Å². The van der Waals surface area contributed by atoms with Crippen molar-refractivity contribution in [1.82, 2.24) is 5.06 Å². The molecule has 1 saturated carbocycles. The normalized spacial score (nSPS) is 22.4. The molecule has 1 aliphatic carbocycles. The Bertz CT molecular complexity index is 753. The van der Waals surface area contributed by atoms with Crippen molar-refractivity contribution in [2.45, 2.75) is 50.9 Å². The number of nitrogens with zero attached hydrogens (tertiary/aromatic N) is 1. The molecule has 25 heavy (non-hydrogen) atoms. The molecule has 2 aliphatic rings. The zero-order valence-corrected chi connectivity index (χ0v) is 14.5. The average Bonchev–Trinajstić information content (AvgIpc) is 2.91. The summed E-state index contributed by atoms with van der Waals surface area (Å²) in [6.45, 7) is 1.99. The SMILES string of the molecule is Cc1ccccc1ON1C(=O)C(c2ccccc2)OC12CCCCC2. The summed E-state index contributed by atoms with van der Waals surface area (Å²) in [5, 5.41) is 1.52. The van der Waals surface area contributed by atoms with Crippen LogP contribution >= 0.6 is 0 Å². The van der Waals surface area contributed by atoms with Crippen LogP contribution in [0.1, 0.15) is 49.3 Å². The van der Waals surface area contributed by atoms with Crippen molar-refractivity contribution in [1.29, 1.82) is 0 Å². The van der Waals surface area contributed by atoms with Crippen LogP contribution in [0.15, 0.2) is 54.6 Å². The Morgan fingerprint density at radius 2 is 1.68 bits per heavy atom. The Balaban J connectivity index is 1.69. The Morgan fingerprint density at radius 1 is 1.00 bits per heavy atom. The number of para-hydroxylation sites is 1. The van der Waals surface area contributed by atoms with E-state index in [0.29, 0.717) is 5.75 Å². The third-order valence-electron chi connectivity index (χ3n) is 5.15. The largest absolute Gasteiger partial charge is 0.374 e. The third-order valence-corrected chi connectivity index (χ3v) is 5.15. The highest BCUT2D eigenvalue weighted by Crippen LogP contribution is 2.45. The van der Waals surface area contributed by atoms with Crippen LogP contribution in [0.5, 0.6) is 5.75 Å². The van der Waals surface area contributed by atoms with E-state index in [9.17, 15) is 4.79 Å². The van der Waals surface area contributed by atoms with Crippen LogP contribution in [0.4, 0.5) is 0 Å². The van der Waals surface area contributed by atoms with Gasteiger partial charge in [0, 0.05) is 0 Å². The van der Waals surface area contributed by atoms with Gasteiger partial charge in [0.15, 0.2) is 17.6 Å². The van der Waals surface area contributed by atoms with E-state index in [0.717, 1.165) is 36.8 Å². The van der Waals surface area contributed by atoms with Gasteiger partial charge in [-0.25, -0.2) is 0 Å². The molecule has 2 aromatic carbocycles. The van der Waals surface area contributed by atoms with Crippen LogP contribution in [-0.2, 0) is 9.53 Å². The standard InChI is InChI=1S/C21H23NO3/c1-16-10-6-7-13-18(16)25-22-20(23)19(17-11-4-2-5-12-17)24-21(22)14-8-3-9-15-21/h2,4-7,10-13,19H,3,8-9,14-15H2,1H3. The molecule has 1 aliphatic heterocycles. The molecule has 1 amide bonds. The molecule has 1 spiro atoms. The van der Waals surface area contributed by atoms with Crippen molar-refractivity contribution in [2.24, 2.45) is 0 Å². The predicted molar refractivity (Wildman–Crippen MR) is 94.7 cm³/mol. The zero-order valence-electron chi connectivity index (χ0n) is 14.5. The summed E-state index contributed by atoms with van der Waals surface area (Å²) < 4.78 is 6.36. The van der Waals surface area contributed by atoms with E-state index in [-0.39, 0.29) is 5.91 Å². The Kier molecular flexibility index (Phi) is 4.22. The van der Waals surface area contributed by atoms with Gasteiger partial charge in [0.05, 0.1) is 0 Å². The Morgan fingerprint density at radius 3 is 2.40 bits per heavy atom. The monoisotopic (exact) mass is 337 g/mol. The summed E-state index contributed by atoms with van der Waals surface area (Å²) in [4.78, 5) is 19.3. The first kappa shape index (κ1) is 16.2. The quantitative estimate of drug-likeness (QED) is 0.825. The molecule has 4 nitrogen and oxygen atoms in total. The molecular formula is C21H23NO3. The van der Waals surface area contributed by atoms with Crippen LogP contribution in [0.3, 0.4) is 0 Å². The smallest absolute Gasteiger partial charge is 0.291 e. The minimum atomic E-state index is -0.655. The molecule has 2 aromatic rings. The van der Waals surface area contributed by atoms with Crippen LogP contribution in [-0.4, -0.2) is 16.7 Å². The number of aryl methyl sites for hydroxylation is 1. The first-order valence-corrected chi connectivity index (χ1v) is 9.00. The summed E-state index contributed by atoms with van der Waals surface area (Å²) in [6, 6.07) is 17.5. The number of benzene rings is 2. The van der Waals surface area contributed by atoms with E-state index in [2.05, 4.69) is 0 Å². The van der Waals surface area contributed by atoms with E-state index in [4.69, 9.17) is 9.57 Å². The number of hydrogen-bond donors (Lipinski definition) is 0. The van der Waals surface area contributed by atoms with Crippen molar-refractivity contribution in [3.05, 3.63) is 65.7 Å². The molecule has 1 heterocycles. The maximum atomic E-state index is 13.2. The average molecular weight is 337 g/mol. The van der Waals surface area contributed by atoms with Gasteiger partial charge in [-0.1, -0.05) is 55.0 Å². The molecule has 1 saturated heterocycles. The summed E-state index contributed by atoms with van der Waals surface area (Å²) >= 11 is 0. The van der Waals surface area contributed by atoms with Crippen LogP contribution in [0.25, 0.3) is 0 Å².